The summed E-state index contributed by atoms with van der Waals surface area (Å²) in [6.07, 6.45) is -0.898. The first-order valence-electron chi connectivity index (χ1n) is 6.83. The van der Waals surface area contributed by atoms with Crippen LogP contribution in [0.3, 0.4) is 0 Å². The zero-order valence-electron chi connectivity index (χ0n) is 12.8. The summed E-state index contributed by atoms with van der Waals surface area (Å²) in [6.45, 7) is 7.08. The number of nitrogens with one attached hydrogen (secondary N) is 2. The number of ether oxygens (including phenoxy) is 1. The van der Waals surface area contributed by atoms with Crippen LogP contribution in [0.2, 0.25) is 0 Å². The van der Waals surface area contributed by atoms with Crippen molar-refractivity contribution in [2.45, 2.75) is 33.8 Å². The first-order chi connectivity index (χ1) is 10.3. The Hall–Kier alpha value is -2.22. The Morgan fingerprint density at radius 1 is 1.41 bits per heavy atom. The van der Waals surface area contributed by atoms with Crippen LogP contribution in [-0.2, 0) is 9.53 Å². The second kappa shape index (κ2) is 6.27. The SMILES string of the molecule is CCNC(=O)[C@H](C)OC(=O)c1sc2nc(C)[nH]c(=O)c2c1C. The number of carbonyl (C=O) groups is 2. The van der Waals surface area contributed by atoms with Crippen molar-refractivity contribution in [3.05, 3.63) is 26.6 Å². The highest BCUT2D eigenvalue weighted by Crippen LogP contribution is 2.27. The van der Waals surface area contributed by atoms with E-state index < -0.39 is 12.1 Å². The number of amides is 1. The summed E-state index contributed by atoms with van der Waals surface area (Å²) >= 11 is 1.09. The maximum atomic E-state index is 12.2. The molecule has 22 heavy (non-hydrogen) atoms. The van der Waals surface area contributed by atoms with E-state index in [0.29, 0.717) is 28.1 Å². The molecule has 0 aromatic carbocycles. The van der Waals surface area contributed by atoms with Gasteiger partial charge in [-0.2, -0.15) is 0 Å². The molecule has 2 heterocycles. The lowest BCUT2D eigenvalue weighted by molar-refractivity contribution is -0.128. The van der Waals surface area contributed by atoms with Gasteiger partial charge < -0.3 is 15.0 Å². The van der Waals surface area contributed by atoms with Crippen molar-refractivity contribution >= 4 is 33.4 Å². The van der Waals surface area contributed by atoms with Gasteiger partial charge >= 0.3 is 5.97 Å². The summed E-state index contributed by atoms with van der Waals surface area (Å²) in [6, 6.07) is 0. The van der Waals surface area contributed by atoms with Crippen molar-refractivity contribution in [2.24, 2.45) is 0 Å². The van der Waals surface area contributed by atoms with Gasteiger partial charge in [0.1, 0.15) is 15.5 Å². The minimum atomic E-state index is -0.898. The van der Waals surface area contributed by atoms with E-state index in [2.05, 4.69) is 15.3 Å². The first-order valence-corrected chi connectivity index (χ1v) is 7.65. The van der Waals surface area contributed by atoms with Crippen molar-refractivity contribution in [1.82, 2.24) is 15.3 Å². The predicted octanol–water partition coefficient (Wildman–Crippen LogP) is 1.28. The minimum Gasteiger partial charge on any atom is -0.448 e. The van der Waals surface area contributed by atoms with Crippen LogP contribution in [0.4, 0.5) is 0 Å². The van der Waals surface area contributed by atoms with E-state index in [1.807, 2.05) is 0 Å². The van der Waals surface area contributed by atoms with Crippen LogP contribution in [0.25, 0.3) is 10.2 Å². The Labute approximate surface area is 130 Å². The number of nitrogens with zero attached hydrogens (tertiary/aromatic N) is 1. The first kappa shape index (κ1) is 16.2. The molecule has 0 saturated carbocycles. The second-order valence-electron chi connectivity index (χ2n) is 4.83. The van der Waals surface area contributed by atoms with Gasteiger partial charge in [0.2, 0.25) is 0 Å². The third kappa shape index (κ3) is 3.01. The fourth-order valence-corrected chi connectivity index (χ4v) is 3.14. The average Bonchev–Trinajstić information content (AvgIpc) is 2.76. The number of hydrogen-bond acceptors (Lipinski definition) is 6. The predicted molar refractivity (Wildman–Crippen MR) is 83.3 cm³/mol. The highest BCUT2D eigenvalue weighted by Gasteiger charge is 2.23. The molecule has 0 aliphatic heterocycles. The van der Waals surface area contributed by atoms with E-state index in [1.165, 1.54) is 6.92 Å². The molecule has 2 aromatic rings. The van der Waals surface area contributed by atoms with E-state index in [1.54, 1.807) is 20.8 Å². The lowest BCUT2D eigenvalue weighted by Gasteiger charge is -2.12. The number of carbonyl (C=O) groups excluding carboxylic acids is 2. The average molecular weight is 323 g/mol. The number of aryl methyl sites for hydroxylation is 2. The molecule has 0 fully saturated rings. The number of H-pyrrole nitrogens is 1. The Balaban J connectivity index is 2.33. The lowest BCUT2D eigenvalue weighted by atomic mass is 10.2. The van der Waals surface area contributed by atoms with E-state index in [4.69, 9.17) is 4.74 Å². The Morgan fingerprint density at radius 3 is 2.73 bits per heavy atom. The molecule has 0 aliphatic carbocycles. The molecule has 0 spiro atoms. The van der Waals surface area contributed by atoms with Crippen molar-refractivity contribution in [3.8, 4) is 0 Å². The number of likely N-dealkylation sites (N-methyl/N-ethyl adjacent to an activating group) is 1. The maximum absolute atomic E-state index is 12.2. The van der Waals surface area contributed by atoms with E-state index >= 15 is 0 Å². The van der Waals surface area contributed by atoms with Gasteiger partial charge in [-0.25, -0.2) is 9.78 Å². The van der Waals surface area contributed by atoms with Crippen molar-refractivity contribution in [1.29, 1.82) is 0 Å². The zero-order valence-corrected chi connectivity index (χ0v) is 13.6. The minimum absolute atomic E-state index is 0.285. The third-order valence-electron chi connectivity index (χ3n) is 3.11. The summed E-state index contributed by atoms with van der Waals surface area (Å²) in [5.41, 5.74) is 0.230. The Bertz CT molecular complexity index is 793. The summed E-state index contributed by atoms with van der Waals surface area (Å²) in [5.74, 6) is -0.507. The number of thiophene rings is 1. The lowest BCUT2D eigenvalue weighted by Crippen LogP contribution is -2.35. The largest absolute Gasteiger partial charge is 0.448 e. The molecule has 1 atom stereocenters. The molecule has 0 bridgehead atoms. The zero-order chi connectivity index (χ0) is 16.4. The number of esters is 1. The molecule has 7 nitrogen and oxygen atoms in total. The molecule has 0 radical (unpaired) electrons. The maximum Gasteiger partial charge on any atom is 0.349 e. The van der Waals surface area contributed by atoms with Crippen LogP contribution in [0.1, 0.15) is 34.9 Å². The topological polar surface area (TPSA) is 101 Å². The summed E-state index contributed by atoms with van der Waals surface area (Å²) in [5, 5.41) is 2.96. The van der Waals surface area contributed by atoms with Gasteiger partial charge in [0.15, 0.2) is 6.10 Å². The fraction of sp³-hybridized carbons (Fsp3) is 0.429. The number of fused-ring (bicyclic) bond motifs is 1. The molecule has 0 saturated heterocycles. The van der Waals surface area contributed by atoms with Gasteiger partial charge in [-0.15, -0.1) is 11.3 Å². The molecular formula is C14H17N3O4S. The van der Waals surface area contributed by atoms with Crippen LogP contribution in [0.15, 0.2) is 4.79 Å². The van der Waals surface area contributed by atoms with Crippen molar-refractivity contribution in [2.75, 3.05) is 6.54 Å². The van der Waals surface area contributed by atoms with E-state index in [9.17, 15) is 14.4 Å². The Kier molecular flexibility index (Phi) is 4.60. The highest BCUT2D eigenvalue weighted by atomic mass is 32.1. The quantitative estimate of drug-likeness (QED) is 0.826. The molecule has 2 N–H and O–H groups in total. The van der Waals surface area contributed by atoms with Crippen molar-refractivity contribution < 1.29 is 14.3 Å². The third-order valence-corrected chi connectivity index (χ3v) is 4.27. The normalized spacial score (nSPS) is 12.2. The van der Waals surface area contributed by atoms with Gasteiger partial charge in [0, 0.05) is 6.54 Å². The van der Waals surface area contributed by atoms with Gasteiger partial charge in [0.25, 0.3) is 11.5 Å². The molecule has 0 unspecified atom stereocenters. The van der Waals surface area contributed by atoms with Gasteiger partial charge in [-0.1, -0.05) is 0 Å². The van der Waals surface area contributed by atoms with E-state index in [-0.39, 0.29) is 16.3 Å². The molecule has 2 aromatic heterocycles. The second-order valence-corrected chi connectivity index (χ2v) is 5.83. The van der Waals surface area contributed by atoms with Crippen molar-refractivity contribution in [3.63, 3.8) is 0 Å². The van der Waals surface area contributed by atoms with Crippen LogP contribution in [-0.4, -0.2) is 34.5 Å². The van der Waals surface area contributed by atoms with Crippen LogP contribution < -0.4 is 10.9 Å². The fourth-order valence-electron chi connectivity index (χ4n) is 2.03. The molecule has 118 valence electrons. The molecule has 0 aliphatic rings. The molecule has 8 heteroatoms. The summed E-state index contributed by atoms with van der Waals surface area (Å²) < 4.78 is 5.15. The summed E-state index contributed by atoms with van der Waals surface area (Å²) in [4.78, 5) is 43.4. The standard InChI is InChI=1S/C14H17N3O4S/c1-5-15-11(18)7(3)21-14(20)10-6(2)9-12(19)16-8(4)17-13(9)22-10/h7H,5H2,1-4H3,(H,15,18)(H,16,17,19)/t7-/m0/s1. The van der Waals surface area contributed by atoms with Gasteiger partial charge in [-0.3, -0.25) is 9.59 Å². The molecule has 2 rings (SSSR count). The molecular weight excluding hydrogens is 306 g/mol. The number of aromatic nitrogens is 2. The Morgan fingerprint density at radius 2 is 2.09 bits per heavy atom. The van der Waals surface area contributed by atoms with E-state index in [0.717, 1.165) is 11.3 Å². The van der Waals surface area contributed by atoms with Crippen LogP contribution in [0, 0.1) is 13.8 Å². The molecule has 1 amide bonds. The number of rotatable bonds is 4. The van der Waals surface area contributed by atoms with Crippen LogP contribution in [0.5, 0.6) is 0 Å². The number of hydrogen-bond donors (Lipinski definition) is 2. The van der Waals surface area contributed by atoms with Gasteiger partial charge in [0.05, 0.1) is 5.39 Å². The number of aromatic amines is 1. The summed E-state index contributed by atoms with van der Waals surface area (Å²) in [7, 11) is 0. The highest BCUT2D eigenvalue weighted by molar-refractivity contribution is 7.20. The van der Waals surface area contributed by atoms with Gasteiger partial charge in [-0.05, 0) is 33.3 Å². The van der Waals surface area contributed by atoms with Crippen LogP contribution >= 0.6 is 11.3 Å². The smallest absolute Gasteiger partial charge is 0.349 e. The monoisotopic (exact) mass is 323 g/mol.